The highest BCUT2D eigenvalue weighted by Gasteiger charge is 2.26. The quantitative estimate of drug-likeness (QED) is 0.0537. The van der Waals surface area contributed by atoms with Crippen molar-refractivity contribution < 1.29 is 20.1 Å². The van der Waals surface area contributed by atoms with E-state index >= 15 is 0 Å². The van der Waals surface area contributed by atoms with Gasteiger partial charge in [-0.2, -0.15) is 0 Å². The standard InChI is InChI=1S/C38H77NO4/c1-3-5-7-9-11-13-14-15-16-17-18-19-20-21-22-23-24-25-27-29-31-33-37(42)39-35(34-40)38(43)36(41)32-30-28-26-12-10-8-6-4-2/h35-36,38,40-41,43H,3-34H2,1-2H3,(H,39,42). The molecule has 258 valence electrons. The molecule has 5 heteroatoms. The van der Waals surface area contributed by atoms with Crippen LogP contribution in [0.5, 0.6) is 0 Å². The van der Waals surface area contributed by atoms with Crippen LogP contribution in [0, 0.1) is 0 Å². The summed E-state index contributed by atoms with van der Waals surface area (Å²) >= 11 is 0. The lowest BCUT2D eigenvalue weighted by atomic mass is 9.99. The molecule has 0 aliphatic carbocycles. The number of carbonyl (C=O) groups is 1. The van der Waals surface area contributed by atoms with Gasteiger partial charge in [0.1, 0.15) is 6.10 Å². The Balaban J connectivity index is 3.54. The largest absolute Gasteiger partial charge is 0.394 e. The van der Waals surface area contributed by atoms with Crippen molar-refractivity contribution in [2.75, 3.05) is 6.61 Å². The van der Waals surface area contributed by atoms with Crippen LogP contribution in [0.15, 0.2) is 0 Å². The van der Waals surface area contributed by atoms with E-state index < -0.39 is 18.2 Å². The number of aliphatic hydroxyl groups excluding tert-OH is 3. The Morgan fingerprint density at radius 2 is 0.791 bits per heavy atom. The molecule has 0 heterocycles. The van der Waals surface area contributed by atoms with Crippen LogP contribution < -0.4 is 5.32 Å². The molecule has 0 aromatic carbocycles. The van der Waals surface area contributed by atoms with Crippen molar-refractivity contribution in [1.29, 1.82) is 0 Å². The minimum atomic E-state index is -1.13. The van der Waals surface area contributed by atoms with Gasteiger partial charge in [0.15, 0.2) is 0 Å². The monoisotopic (exact) mass is 612 g/mol. The summed E-state index contributed by atoms with van der Waals surface area (Å²) in [6, 6.07) is -0.800. The van der Waals surface area contributed by atoms with Gasteiger partial charge in [0.2, 0.25) is 5.91 Å². The van der Waals surface area contributed by atoms with E-state index in [1.54, 1.807) is 0 Å². The second-order valence-electron chi connectivity index (χ2n) is 13.5. The summed E-state index contributed by atoms with van der Waals surface area (Å²) in [5, 5.41) is 33.2. The van der Waals surface area contributed by atoms with E-state index in [1.165, 1.54) is 148 Å². The van der Waals surface area contributed by atoms with E-state index in [4.69, 9.17) is 0 Å². The molecule has 0 fully saturated rings. The molecule has 3 unspecified atom stereocenters. The maximum Gasteiger partial charge on any atom is 0.220 e. The van der Waals surface area contributed by atoms with Crippen LogP contribution in [0.1, 0.15) is 213 Å². The molecule has 4 N–H and O–H groups in total. The van der Waals surface area contributed by atoms with Crippen LogP contribution in [0.3, 0.4) is 0 Å². The minimum absolute atomic E-state index is 0.143. The molecule has 0 radical (unpaired) electrons. The average Bonchev–Trinajstić information content (AvgIpc) is 3.01. The van der Waals surface area contributed by atoms with Crippen LogP contribution in [-0.2, 0) is 4.79 Å². The summed E-state index contributed by atoms with van der Waals surface area (Å²) in [7, 11) is 0. The van der Waals surface area contributed by atoms with Gasteiger partial charge in [-0.1, -0.05) is 194 Å². The number of hydrogen-bond donors (Lipinski definition) is 4. The van der Waals surface area contributed by atoms with Crippen LogP contribution in [-0.4, -0.2) is 46.1 Å². The Kier molecular flexibility index (Phi) is 33.7. The van der Waals surface area contributed by atoms with Crippen molar-refractivity contribution in [3.05, 3.63) is 0 Å². The number of amides is 1. The topological polar surface area (TPSA) is 89.8 Å². The second kappa shape index (κ2) is 34.2. The molecular formula is C38H77NO4. The highest BCUT2D eigenvalue weighted by atomic mass is 16.3. The lowest BCUT2D eigenvalue weighted by Crippen LogP contribution is -2.50. The fourth-order valence-electron chi connectivity index (χ4n) is 6.16. The van der Waals surface area contributed by atoms with Crippen LogP contribution >= 0.6 is 0 Å². The SMILES string of the molecule is CCCCCCCCCCCCCCCCCCCCCCCC(=O)NC(CO)C(O)C(O)CCCCCCCCCC. The first-order valence-electron chi connectivity index (χ1n) is 19.3. The van der Waals surface area contributed by atoms with E-state index in [-0.39, 0.29) is 12.5 Å². The van der Waals surface area contributed by atoms with E-state index in [9.17, 15) is 20.1 Å². The molecular weight excluding hydrogens is 534 g/mol. The summed E-state index contributed by atoms with van der Waals surface area (Å²) in [4.78, 5) is 12.3. The summed E-state index contributed by atoms with van der Waals surface area (Å²) in [6.07, 6.45) is 36.4. The fourth-order valence-corrected chi connectivity index (χ4v) is 6.16. The van der Waals surface area contributed by atoms with Crippen molar-refractivity contribution >= 4 is 5.91 Å². The maximum atomic E-state index is 12.3. The predicted molar refractivity (Wildman–Crippen MR) is 186 cm³/mol. The molecule has 0 saturated carbocycles. The first-order valence-corrected chi connectivity index (χ1v) is 19.3. The molecule has 0 bridgehead atoms. The number of unbranched alkanes of at least 4 members (excludes halogenated alkanes) is 27. The smallest absolute Gasteiger partial charge is 0.220 e. The molecule has 0 rings (SSSR count). The molecule has 5 nitrogen and oxygen atoms in total. The van der Waals surface area contributed by atoms with Crippen molar-refractivity contribution in [3.63, 3.8) is 0 Å². The summed E-state index contributed by atoms with van der Waals surface area (Å²) in [6.45, 7) is 4.15. The van der Waals surface area contributed by atoms with E-state index in [1.807, 2.05) is 0 Å². The van der Waals surface area contributed by atoms with Crippen LogP contribution in [0.4, 0.5) is 0 Å². The molecule has 0 saturated heterocycles. The van der Waals surface area contributed by atoms with Gasteiger partial charge in [0.25, 0.3) is 0 Å². The zero-order chi connectivity index (χ0) is 31.6. The predicted octanol–water partition coefficient (Wildman–Crippen LogP) is 10.3. The average molecular weight is 612 g/mol. The zero-order valence-corrected chi connectivity index (χ0v) is 29.1. The molecule has 1 amide bonds. The Bertz CT molecular complexity index is 558. The van der Waals surface area contributed by atoms with Crippen molar-refractivity contribution in [2.45, 2.75) is 231 Å². The van der Waals surface area contributed by atoms with Crippen molar-refractivity contribution in [3.8, 4) is 0 Å². The van der Waals surface area contributed by atoms with E-state index in [0.717, 1.165) is 38.5 Å². The van der Waals surface area contributed by atoms with Crippen LogP contribution in [0.2, 0.25) is 0 Å². The van der Waals surface area contributed by atoms with Crippen molar-refractivity contribution in [2.24, 2.45) is 0 Å². The first kappa shape index (κ1) is 42.3. The second-order valence-corrected chi connectivity index (χ2v) is 13.5. The van der Waals surface area contributed by atoms with Gasteiger partial charge in [-0.3, -0.25) is 4.79 Å². The molecule has 3 atom stereocenters. The fraction of sp³-hybridized carbons (Fsp3) is 0.974. The molecule has 0 aliphatic rings. The third-order valence-corrected chi connectivity index (χ3v) is 9.21. The number of nitrogens with one attached hydrogen (secondary N) is 1. The number of hydrogen-bond acceptors (Lipinski definition) is 4. The lowest BCUT2D eigenvalue weighted by Gasteiger charge is -2.26. The third kappa shape index (κ3) is 29.8. The molecule has 0 aromatic rings. The van der Waals surface area contributed by atoms with Gasteiger partial charge in [0, 0.05) is 6.42 Å². The minimum Gasteiger partial charge on any atom is -0.394 e. The van der Waals surface area contributed by atoms with Gasteiger partial charge < -0.3 is 20.6 Å². The van der Waals surface area contributed by atoms with Gasteiger partial charge in [0.05, 0.1) is 18.8 Å². The number of aliphatic hydroxyl groups is 3. The Hall–Kier alpha value is -0.650. The summed E-state index contributed by atoms with van der Waals surface area (Å²) in [5.41, 5.74) is 0. The first-order chi connectivity index (χ1) is 21.1. The maximum absolute atomic E-state index is 12.3. The number of carbonyl (C=O) groups excluding carboxylic acids is 1. The number of rotatable bonds is 35. The Morgan fingerprint density at radius 3 is 1.12 bits per heavy atom. The van der Waals surface area contributed by atoms with Gasteiger partial charge >= 0.3 is 0 Å². The van der Waals surface area contributed by atoms with Crippen molar-refractivity contribution in [1.82, 2.24) is 5.32 Å². The zero-order valence-electron chi connectivity index (χ0n) is 29.1. The molecule has 0 aliphatic heterocycles. The normalized spacial score (nSPS) is 13.7. The highest BCUT2D eigenvalue weighted by Crippen LogP contribution is 2.16. The molecule has 0 spiro atoms. The van der Waals surface area contributed by atoms with Gasteiger partial charge in [-0.25, -0.2) is 0 Å². The highest BCUT2D eigenvalue weighted by molar-refractivity contribution is 5.76. The Labute approximate surface area is 268 Å². The molecule has 0 aromatic heterocycles. The summed E-state index contributed by atoms with van der Waals surface area (Å²) < 4.78 is 0. The Morgan fingerprint density at radius 1 is 0.488 bits per heavy atom. The van der Waals surface area contributed by atoms with Gasteiger partial charge in [-0.15, -0.1) is 0 Å². The van der Waals surface area contributed by atoms with Crippen LogP contribution in [0.25, 0.3) is 0 Å². The lowest BCUT2D eigenvalue weighted by molar-refractivity contribution is -0.124. The van der Waals surface area contributed by atoms with Gasteiger partial charge in [-0.05, 0) is 12.8 Å². The van der Waals surface area contributed by atoms with E-state index in [0.29, 0.717) is 12.8 Å². The summed E-state index contributed by atoms with van der Waals surface area (Å²) in [5.74, 6) is -0.143. The third-order valence-electron chi connectivity index (χ3n) is 9.21. The molecule has 43 heavy (non-hydrogen) atoms. The van der Waals surface area contributed by atoms with E-state index in [2.05, 4.69) is 19.2 Å².